The van der Waals surface area contributed by atoms with E-state index in [1.54, 1.807) is 11.8 Å². The number of aliphatic imine (C=N–C) groups is 4. The Balaban J connectivity index is 1.77. The van der Waals surface area contributed by atoms with Crippen molar-refractivity contribution in [3.63, 3.8) is 0 Å². The van der Waals surface area contributed by atoms with Crippen LogP contribution in [-0.4, -0.2) is 29.2 Å². The summed E-state index contributed by atoms with van der Waals surface area (Å²) in [5.41, 5.74) is 8.26. The molecule has 6 heteroatoms. The van der Waals surface area contributed by atoms with Gasteiger partial charge in [-0.2, -0.15) is 4.99 Å². The molecular formula is C13H13N5S. The van der Waals surface area contributed by atoms with Crippen molar-refractivity contribution in [3.8, 4) is 0 Å². The van der Waals surface area contributed by atoms with Crippen molar-refractivity contribution >= 4 is 34.9 Å². The smallest absolute Gasteiger partial charge is 0.222 e. The van der Waals surface area contributed by atoms with Crippen molar-refractivity contribution < 1.29 is 0 Å². The monoisotopic (exact) mass is 271 g/mol. The fraction of sp³-hybridized carbons (Fsp3) is 0.231. The minimum absolute atomic E-state index is 0.165. The number of hydrogen-bond acceptors (Lipinski definition) is 6. The molecule has 1 atom stereocenters. The van der Waals surface area contributed by atoms with E-state index >= 15 is 0 Å². The lowest BCUT2D eigenvalue weighted by Gasteiger charge is -2.15. The van der Waals surface area contributed by atoms with Crippen LogP contribution in [0.1, 0.15) is 11.1 Å². The largest absolute Gasteiger partial charge is 0.368 e. The van der Waals surface area contributed by atoms with Gasteiger partial charge in [-0.3, -0.25) is 4.99 Å². The number of aryl methyl sites for hydroxylation is 1. The van der Waals surface area contributed by atoms with Crippen molar-refractivity contribution in [3.05, 3.63) is 35.4 Å². The molecule has 19 heavy (non-hydrogen) atoms. The molecule has 1 aromatic carbocycles. The molecule has 1 unspecified atom stereocenters. The second-order valence-corrected chi connectivity index (χ2v) is 5.29. The molecule has 1 aromatic rings. The van der Waals surface area contributed by atoms with E-state index in [0.717, 1.165) is 10.8 Å². The van der Waals surface area contributed by atoms with Crippen molar-refractivity contribution in [1.29, 1.82) is 0 Å². The molecule has 0 spiro atoms. The Morgan fingerprint density at radius 3 is 2.95 bits per heavy atom. The van der Waals surface area contributed by atoms with Crippen LogP contribution < -0.4 is 5.73 Å². The van der Waals surface area contributed by atoms with Gasteiger partial charge in [0.15, 0.2) is 11.9 Å². The van der Waals surface area contributed by atoms with Crippen LogP contribution in [0.15, 0.2) is 44.2 Å². The van der Waals surface area contributed by atoms with Crippen LogP contribution >= 0.6 is 11.8 Å². The Morgan fingerprint density at radius 2 is 2.11 bits per heavy atom. The third kappa shape index (κ3) is 2.44. The van der Waals surface area contributed by atoms with Crippen molar-refractivity contribution in [1.82, 2.24) is 0 Å². The second-order valence-electron chi connectivity index (χ2n) is 4.29. The third-order valence-corrected chi connectivity index (χ3v) is 4.04. The van der Waals surface area contributed by atoms with Gasteiger partial charge in [-0.05, 0) is 18.1 Å². The molecule has 2 N–H and O–H groups in total. The highest BCUT2D eigenvalue weighted by molar-refractivity contribution is 8.13. The predicted molar refractivity (Wildman–Crippen MR) is 81.2 cm³/mol. The van der Waals surface area contributed by atoms with Crippen LogP contribution in [0, 0.1) is 6.92 Å². The summed E-state index contributed by atoms with van der Waals surface area (Å²) in [5.74, 6) is 1.74. The Hall–Kier alpha value is -1.95. The third-order valence-electron chi connectivity index (χ3n) is 2.97. The van der Waals surface area contributed by atoms with Gasteiger partial charge in [0.05, 0.1) is 0 Å². The van der Waals surface area contributed by atoms with Crippen LogP contribution in [-0.2, 0) is 5.75 Å². The first-order valence-corrected chi connectivity index (χ1v) is 6.92. The number of fused-ring (bicyclic) bond motifs is 1. The highest BCUT2D eigenvalue weighted by atomic mass is 32.2. The Labute approximate surface area is 115 Å². The van der Waals surface area contributed by atoms with Gasteiger partial charge in [0.25, 0.3) is 0 Å². The zero-order valence-corrected chi connectivity index (χ0v) is 11.3. The number of guanidine groups is 1. The first-order valence-electron chi connectivity index (χ1n) is 5.93. The zero-order valence-electron chi connectivity index (χ0n) is 10.4. The average Bonchev–Trinajstić information content (AvgIpc) is 2.85. The summed E-state index contributed by atoms with van der Waals surface area (Å²) in [4.78, 5) is 16.7. The molecule has 0 fully saturated rings. The first kappa shape index (κ1) is 12.1. The molecule has 0 radical (unpaired) electrons. The normalized spacial score (nSPS) is 20.7. The minimum Gasteiger partial charge on any atom is -0.368 e. The molecule has 0 bridgehead atoms. The van der Waals surface area contributed by atoms with Gasteiger partial charge in [0.2, 0.25) is 5.96 Å². The summed E-state index contributed by atoms with van der Waals surface area (Å²) in [5, 5.41) is 0.864. The summed E-state index contributed by atoms with van der Waals surface area (Å²) in [6.45, 7) is 2.11. The number of nitrogens with two attached hydrogens (primary N) is 1. The van der Waals surface area contributed by atoms with Gasteiger partial charge < -0.3 is 5.73 Å². The van der Waals surface area contributed by atoms with E-state index in [-0.39, 0.29) is 12.0 Å². The lowest BCUT2D eigenvalue weighted by Crippen LogP contribution is -2.31. The minimum atomic E-state index is -0.165. The quantitative estimate of drug-likeness (QED) is 0.890. The maximum Gasteiger partial charge on any atom is 0.222 e. The Bertz CT molecular complexity index is 630. The van der Waals surface area contributed by atoms with E-state index in [9.17, 15) is 0 Å². The van der Waals surface area contributed by atoms with Crippen molar-refractivity contribution in [2.24, 2.45) is 25.7 Å². The molecule has 0 saturated carbocycles. The molecule has 0 aliphatic carbocycles. The number of rotatable bonds is 2. The summed E-state index contributed by atoms with van der Waals surface area (Å²) < 4.78 is 0. The Kier molecular flexibility index (Phi) is 3.16. The highest BCUT2D eigenvalue weighted by Crippen LogP contribution is 2.23. The lowest BCUT2D eigenvalue weighted by atomic mass is 10.1. The molecule has 96 valence electrons. The molecule has 0 aromatic heterocycles. The molecule has 0 amide bonds. The van der Waals surface area contributed by atoms with Crippen LogP contribution in [0.5, 0.6) is 0 Å². The van der Waals surface area contributed by atoms with Gasteiger partial charge in [-0.25, -0.2) is 9.98 Å². The van der Waals surface area contributed by atoms with Crippen LogP contribution in [0.2, 0.25) is 0 Å². The van der Waals surface area contributed by atoms with Crippen LogP contribution in [0.3, 0.4) is 0 Å². The van der Waals surface area contributed by atoms with Gasteiger partial charge in [-0.1, -0.05) is 24.3 Å². The maximum atomic E-state index is 5.69. The summed E-state index contributed by atoms with van der Waals surface area (Å²) >= 11 is 1.64. The van der Waals surface area contributed by atoms with E-state index in [4.69, 9.17) is 5.73 Å². The molecule has 3 rings (SSSR count). The summed E-state index contributed by atoms with van der Waals surface area (Å²) in [6, 6.07) is 8.15. The van der Waals surface area contributed by atoms with Gasteiger partial charge in [0, 0.05) is 5.75 Å². The second kappa shape index (κ2) is 4.97. The predicted octanol–water partition coefficient (Wildman–Crippen LogP) is 1.76. The number of thioether (sulfide) groups is 1. The molecular weight excluding hydrogens is 258 g/mol. The number of nitrogens with zero attached hydrogens (tertiary/aromatic N) is 4. The maximum absolute atomic E-state index is 5.69. The number of benzene rings is 1. The standard InChI is InChI=1S/C13H13N5S/c1-8-4-2-3-5-9(8)6-19-12-10-11(16-7-15-10)17-13(14)18-12/h2-5,7,10H,6H2,1H3,(H2,14,15,16,17). The molecule has 2 aliphatic heterocycles. The van der Waals surface area contributed by atoms with Gasteiger partial charge >= 0.3 is 0 Å². The van der Waals surface area contributed by atoms with Gasteiger partial charge in [0.1, 0.15) is 11.4 Å². The summed E-state index contributed by atoms with van der Waals surface area (Å²) in [6.07, 6.45) is 1.52. The van der Waals surface area contributed by atoms with Gasteiger partial charge in [-0.15, -0.1) is 11.8 Å². The van der Waals surface area contributed by atoms with E-state index in [2.05, 4.69) is 39.0 Å². The summed E-state index contributed by atoms with van der Waals surface area (Å²) in [7, 11) is 0. The topological polar surface area (TPSA) is 75.5 Å². The molecule has 2 heterocycles. The number of amidine groups is 1. The highest BCUT2D eigenvalue weighted by Gasteiger charge is 2.28. The lowest BCUT2D eigenvalue weighted by molar-refractivity contribution is 1.15. The molecule has 0 saturated heterocycles. The zero-order chi connectivity index (χ0) is 13.2. The SMILES string of the molecule is Cc1ccccc1CSC1=NC(N)=NC2=NC=NC21. The van der Waals surface area contributed by atoms with Crippen LogP contribution in [0.25, 0.3) is 0 Å². The van der Waals surface area contributed by atoms with E-state index in [1.807, 2.05) is 12.1 Å². The van der Waals surface area contributed by atoms with E-state index < -0.39 is 0 Å². The fourth-order valence-electron chi connectivity index (χ4n) is 1.91. The van der Waals surface area contributed by atoms with Crippen molar-refractivity contribution in [2.75, 3.05) is 0 Å². The molecule has 2 aliphatic rings. The first-order chi connectivity index (χ1) is 9.24. The van der Waals surface area contributed by atoms with E-state index in [0.29, 0.717) is 5.84 Å². The Morgan fingerprint density at radius 1 is 1.26 bits per heavy atom. The van der Waals surface area contributed by atoms with E-state index in [1.165, 1.54) is 17.5 Å². The van der Waals surface area contributed by atoms with Crippen molar-refractivity contribution in [2.45, 2.75) is 18.7 Å². The van der Waals surface area contributed by atoms with Crippen LogP contribution in [0.4, 0.5) is 0 Å². The molecule has 5 nitrogen and oxygen atoms in total. The fourth-order valence-corrected chi connectivity index (χ4v) is 3.02. The number of hydrogen-bond donors (Lipinski definition) is 1. The average molecular weight is 271 g/mol.